The monoisotopic (exact) mass is 225 g/mol. The molecule has 0 fully saturated rings. The summed E-state index contributed by atoms with van der Waals surface area (Å²) in [5, 5.41) is 0. The predicted molar refractivity (Wildman–Crippen MR) is 59.4 cm³/mol. The van der Waals surface area contributed by atoms with E-state index in [0.717, 1.165) is 5.56 Å². The van der Waals surface area contributed by atoms with E-state index >= 15 is 0 Å². The highest BCUT2D eigenvalue weighted by atomic mass is 19.1. The number of esters is 1. The van der Waals surface area contributed by atoms with Crippen molar-refractivity contribution >= 4 is 5.97 Å². The number of nitrogens with two attached hydrogens (primary N) is 1. The molecule has 0 aliphatic carbocycles. The van der Waals surface area contributed by atoms with Crippen LogP contribution >= 0.6 is 0 Å². The van der Waals surface area contributed by atoms with Crippen molar-refractivity contribution in [2.24, 2.45) is 5.73 Å². The fourth-order valence-electron chi connectivity index (χ4n) is 1.49. The van der Waals surface area contributed by atoms with Gasteiger partial charge in [-0.25, -0.2) is 4.39 Å². The van der Waals surface area contributed by atoms with Crippen molar-refractivity contribution in [3.8, 4) is 0 Å². The standard InChI is InChI=1S/C12H16FNO2/c1-2-16-12(15)7-10(8-14)9-3-5-11(13)6-4-9/h3-6,10H,2,7-8,14H2,1H3. The Kier molecular flexibility index (Phi) is 4.92. The predicted octanol–water partition coefficient (Wildman–Crippen LogP) is 1.82. The van der Waals surface area contributed by atoms with Gasteiger partial charge < -0.3 is 10.5 Å². The first kappa shape index (κ1) is 12.6. The molecule has 1 aromatic rings. The number of benzene rings is 1. The average molecular weight is 225 g/mol. The molecule has 0 aliphatic rings. The first-order valence-corrected chi connectivity index (χ1v) is 5.28. The van der Waals surface area contributed by atoms with Crippen molar-refractivity contribution in [3.05, 3.63) is 35.6 Å². The Labute approximate surface area is 94.4 Å². The maximum absolute atomic E-state index is 12.7. The molecule has 88 valence electrons. The number of halogens is 1. The highest BCUT2D eigenvalue weighted by Gasteiger charge is 2.15. The van der Waals surface area contributed by atoms with Gasteiger partial charge in [0, 0.05) is 5.92 Å². The van der Waals surface area contributed by atoms with Crippen LogP contribution in [0.3, 0.4) is 0 Å². The third-order valence-electron chi connectivity index (χ3n) is 2.34. The van der Waals surface area contributed by atoms with Crippen molar-refractivity contribution in [1.29, 1.82) is 0 Å². The summed E-state index contributed by atoms with van der Waals surface area (Å²) in [7, 11) is 0. The van der Waals surface area contributed by atoms with Crippen molar-refractivity contribution < 1.29 is 13.9 Å². The van der Waals surface area contributed by atoms with Crippen LogP contribution in [-0.2, 0) is 9.53 Å². The Morgan fingerprint density at radius 2 is 2.06 bits per heavy atom. The summed E-state index contributed by atoms with van der Waals surface area (Å²) in [6.45, 7) is 2.46. The first-order valence-electron chi connectivity index (χ1n) is 5.28. The molecule has 0 aliphatic heterocycles. The molecule has 1 atom stereocenters. The van der Waals surface area contributed by atoms with E-state index in [2.05, 4.69) is 0 Å². The minimum absolute atomic E-state index is 0.111. The van der Waals surface area contributed by atoms with Crippen LogP contribution in [-0.4, -0.2) is 19.1 Å². The van der Waals surface area contributed by atoms with Crippen LogP contribution in [0, 0.1) is 5.82 Å². The van der Waals surface area contributed by atoms with E-state index in [1.54, 1.807) is 19.1 Å². The fraction of sp³-hybridized carbons (Fsp3) is 0.417. The molecule has 0 spiro atoms. The SMILES string of the molecule is CCOC(=O)CC(CN)c1ccc(F)cc1. The summed E-state index contributed by atoms with van der Waals surface area (Å²) >= 11 is 0. The zero-order valence-electron chi connectivity index (χ0n) is 9.28. The van der Waals surface area contributed by atoms with Crippen LogP contribution in [0.4, 0.5) is 4.39 Å². The molecular weight excluding hydrogens is 209 g/mol. The van der Waals surface area contributed by atoms with Gasteiger partial charge in [-0.1, -0.05) is 12.1 Å². The van der Waals surface area contributed by atoms with E-state index in [4.69, 9.17) is 10.5 Å². The molecule has 0 heterocycles. The van der Waals surface area contributed by atoms with Gasteiger partial charge in [-0.15, -0.1) is 0 Å². The van der Waals surface area contributed by atoms with E-state index in [9.17, 15) is 9.18 Å². The van der Waals surface area contributed by atoms with Crippen LogP contribution in [0.2, 0.25) is 0 Å². The van der Waals surface area contributed by atoms with Crippen molar-refractivity contribution in [2.75, 3.05) is 13.2 Å². The Hall–Kier alpha value is -1.42. The van der Waals surface area contributed by atoms with E-state index in [0.29, 0.717) is 13.2 Å². The molecule has 0 amide bonds. The lowest BCUT2D eigenvalue weighted by Gasteiger charge is -2.14. The molecule has 16 heavy (non-hydrogen) atoms. The van der Waals surface area contributed by atoms with Gasteiger partial charge in [0.1, 0.15) is 5.82 Å². The summed E-state index contributed by atoms with van der Waals surface area (Å²) in [6, 6.07) is 6.02. The number of ether oxygens (including phenoxy) is 1. The maximum Gasteiger partial charge on any atom is 0.306 e. The molecule has 1 rings (SSSR count). The number of hydrogen-bond donors (Lipinski definition) is 1. The molecule has 0 saturated carbocycles. The second-order valence-electron chi connectivity index (χ2n) is 3.49. The van der Waals surface area contributed by atoms with Crippen LogP contribution in [0.1, 0.15) is 24.8 Å². The number of carbonyl (C=O) groups is 1. The normalized spacial score (nSPS) is 12.2. The maximum atomic E-state index is 12.7. The second kappa shape index (κ2) is 6.23. The van der Waals surface area contributed by atoms with Crippen LogP contribution in [0.5, 0.6) is 0 Å². The fourth-order valence-corrected chi connectivity index (χ4v) is 1.49. The molecule has 4 heteroatoms. The van der Waals surface area contributed by atoms with Gasteiger partial charge in [-0.2, -0.15) is 0 Å². The number of hydrogen-bond acceptors (Lipinski definition) is 3. The molecule has 0 saturated heterocycles. The molecule has 3 nitrogen and oxygen atoms in total. The Morgan fingerprint density at radius 3 is 2.56 bits per heavy atom. The molecule has 1 aromatic carbocycles. The van der Waals surface area contributed by atoms with Crippen molar-refractivity contribution in [1.82, 2.24) is 0 Å². The van der Waals surface area contributed by atoms with Crippen LogP contribution in [0.15, 0.2) is 24.3 Å². The zero-order valence-corrected chi connectivity index (χ0v) is 9.28. The number of rotatable bonds is 5. The Balaban J connectivity index is 2.67. The molecule has 0 bridgehead atoms. The van der Waals surface area contributed by atoms with Crippen molar-refractivity contribution in [2.45, 2.75) is 19.3 Å². The lowest BCUT2D eigenvalue weighted by atomic mass is 9.96. The van der Waals surface area contributed by atoms with Gasteiger partial charge in [0.25, 0.3) is 0 Å². The van der Waals surface area contributed by atoms with E-state index in [-0.39, 0.29) is 24.1 Å². The topological polar surface area (TPSA) is 52.3 Å². The third kappa shape index (κ3) is 3.62. The van der Waals surface area contributed by atoms with E-state index < -0.39 is 0 Å². The van der Waals surface area contributed by atoms with E-state index in [1.165, 1.54) is 12.1 Å². The van der Waals surface area contributed by atoms with Gasteiger partial charge in [0.15, 0.2) is 0 Å². The largest absolute Gasteiger partial charge is 0.466 e. The summed E-state index contributed by atoms with van der Waals surface area (Å²) in [5.74, 6) is -0.683. The Morgan fingerprint density at radius 1 is 1.44 bits per heavy atom. The molecular formula is C12H16FNO2. The zero-order chi connectivity index (χ0) is 12.0. The van der Waals surface area contributed by atoms with E-state index in [1.807, 2.05) is 0 Å². The van der Waals surface area contributed by atoms with Gasteiger partial charge in [0.2, 0.25) is 0 Å². The van der Waals surface area contributed by atoms with Crippen LogP contribution < -0.4 is 5.73 Å². The van der Waals surface area contributed by atoms with Gasteiger partial charge >= 0.3 is 5.97 Å². The van der Waals surface area contributed by atoms with Gasteiger partial charge in [-0.05, 0) is 31.2 Å². The minimum Gasteiger partial charge on any atom is -0.466 e. The highest BCUT2D eigenvalue weighted by Crippen LogP contribution is 2.19. The summed E-state index contributed by atoms with van der Waals surface area (Å²) in [4.78, 5) is 11.3. The first-order chi connectivity index (χ1) is 7.67. The lowest BCUT2D eigenvalue weighted by molar-refractivity contribution is -0.143. The Bertz CT molecular complexity index is 337. The smallest absolute Gasteiger partial charge is 0.306 e. The minimum atomic E-state index is -0.296. The third-order valence-corrected chi connectivity index (χ3v) is 2.34. The van der Waals surface area contributed by atoms with Crippen LogP contribution in [0.25, 0.3) is 0 Å². The van der Waals surface area contributed by atoms with Crippen molar-refractivity contribution in [3.63, 3.8) is 0 Å². The summed E-state index contributed by atoms with van der Waals surface area (Å²) < 4.78 is 17.6. The van der Waals surface area contributed by atoms with Gasteiger partial charge in [-0.3, -0.25) is 4.79 Å². The lowest BCUT2D eigenvalue weighted by Crippen LogP contribution is -2.18. The van der Waals surface area contributed by atoms with Gasteiger partial charge in [0.05, 0.1) is 13.0 Å². The molecule has 2 N–H and O–H groups in total. The average Bonchev–Trinajstić information content (AvgIpc) is 2.27. The summed E-state index contributed by atoms with van der Waals surface area (Å²) in [5.41, 5.74) is 6.44. The quantitative estimate of drug-likeness (QED) is 0.778. The molecule has 0 radical (unpaired) electrons. The summed E-state index contributed by atoms with van der Waals surface area (Å²) in [6.07, 6.45) is 0.232. The second-order valence-corrected chi connectivity index (χ2v) is 3.49. The highest BCUT2D eigenvalue weighted by molar-refractivity contribution is 5.70. The number of carbonyl (C=O) groups excluding carboxylic acids is 1. The molecule has 1 unspecified atom stereocenters. The molecule has 0 aromatic heterocycles.